The predicted octanol–water partition coefficient (Wildman–Crippen LogP) is 4.36. The second-order valence-electron chi connectivity index (χ2n) is 8.78. The number of hydrogen-bond acceptors (Lipinski definition) is 4. The maximum absolute atomic E-state index is 13.2. The molecule has 0 aromatic heterocycles. The number of piperazine rings is 1. The predicted molar refractivity (Wildman–Crippen MR) is 106 cm³/mol. The molecule has 0 unspecified atom stereocenters. The van der Waals surface area contributed by atoms with E-state index in [0.717, 1.165) is 37.7 Å². The van der Waals surface area contributed by atoms with E-state index in [1.54, 1.807) is 11.0 Å². The van der Waals surface area contributed by atoms with Gasteiger partial charge in [0.2, 0.25) is 0 Å². The van der Waals surface area contributed by atoms with Crippen LogP contribution in [0.25, 0.3) is 0 Å². The third-order valence-electron chi connectivity index (χ3n) is 5.27. The number of hydrogen-bond donors (Lipinski definition) is 0. The van der Waals surface area contributed by atoms with Crippen LogP contribution in [0.3, 0.4) is 0 Å². The quantitative estimate of drug-likeness (QED) is 0.738. The Morgan fingerprint density at radius 3 is 2.17 bits per heavy atom. The van der Waals surface area contributed by atoms with Crippen molar-refractivity contribution in [3.63, 3.8) is 0 Å². The van der Waals surface area contributed by atoms with Crippen molar-refractivity contribution in [3.05, 3.63) is 29.3 Å². The van der Waals surface area contributed by atoms with Gasteiger partial charge in [0.05, 0.1) is 5.56 Å². The summed E-state index contributed by atoms with van der Waals surface area (Å²) in [4.78, 5) is 18.2. The van der Waals surface area contributed by atoms with Gasteiger partial charge in [-0.05, 0) is 70.5 Å². The minimum absolute atomic E-state index is 0.346. The molecule has 1 amide bonds. The van der Waals surface area contributed by atoms with Gasteiger partial charge in [-0.3, -0.25) is 4.90 Å². The monoisotopic (exact) mass is 413 g/mol. The van der Waals surface area contributed by atoms with Gasteiger partial charge in [0, 0.05) is 38.4 Å². The molecular formula is C21H30F3N3O2. The molecule has 2 saturated heterocycles. The van der Waals surface area contributed by atoms with E-state index in [2.05, 4.69) is 9.80 Å². The summed E-state index contributed by atoms with van der Waals surface area (Å²) in [6.45, 7) is 9.94. The number of anilines is 1. The molecule has 1 aromatic rings. The number of benzene rings is 1. The second-order valence-corrected chi connectivity index (χ2v) is 8.78. The number of rotatable bonds is 3. The zero-order chi connectivity index (χ0) is 21.2. The van der Waals surface area contributed by atoms with E-state index in [9.17, 15) is 18.0 Å². The van der Waals surface area contributed by atoms with Gasteiger partial charge in [0.25, 0.3) is 0 Å². The second kappa shape index (κ2) is 8.42. The lowest BCUT2D eigenvalue weighted by molar-refractivity contribution is -0.137. The zero-order valence-electron chi connectivity index (χ0n) is 17.4. The van der Waals surface area contributed by atoms with Crippen molar-refractivity contribution >= 4 is 11.8 Å². The minimum atomic E-state index is -4.35. The third-order valence-corrected chi connectivity index (χ3v) is 5.27. The molecule has 29 heavy (non-hydrogen) atoms. The first-order valence-corrected chi connectivity index (χ1v) is 10.2. The largest absolute Gasteiger partial charge is 0.444 e. The van der Waals surface area contributed by atoms with Crippen LogP contribution in [0.4, 0.5) is 23.7 Å². The topological polar surface area (TPSA) is 36.0 Å². The molecule has 3 rings (SSSR count). The van der Waals surface area contributed by atoms with Crippen LogP contribution in [0.5, 0.6) is 0 Å². The van der Waals surface area contributed by atoms with E-state index in [1.807, 2.05) is 20.8 Å². The summed E-state index contributed by atoms with van der Waals surface area (Å²) in [5.74, 6) is 0. The van der Waals surface area contributed by atoms with E-state index in [1.165, 1.54) is 6.07 Å². The average molecular weight is 413 g/mol. The number of nitrogens with zero attached hydrogens (tertiary/aromatic N) is 3. The van der Waals surface area contributed by atoms with Gasteiger partial charge in [-0.25, -0.2) is 4.79 Å². The highest BCUT2D eigenvalue weighted by Crippen LogP contribution is 2.34. The number of halogens is 3. The normalized spacial score (nSPS) is 19.0. The summed E-state index contributed by atoms with van der Waals surface area (Å²) in [6.07, 6.45) is -2.53. The number of alkyl halides is 3. The van der Waals surface area contributed by atoms with Crippen LogP contribution in [0.1, 0.15) is 44.7 Å². The molecule has 5 nitrogen and oxygen atoms in total. The molecule has 2 heterocycles. The van der Waals surface area contributed by atoms with E-state index in [4.69, 9.17) is 4.74 Å². The van der Waals surface area contributed by atoms with Gasteiger partial charge in [-0.1, -0.05) is 0 Å². The van der Waals surface area contributed by atoms with Crippen molar-refractivity contribution in [3.8, 4) is 0 Å². The molecule has 0 saturated carbocycles. The van der Waals surface area contributed by atoms with Crippen LogP contribution >= 0.6 is 0 Å². The molecule has 0 spiro atoms. The van der Waals surface area contributed by atoms with Gasteiger partial charge in [0.1, 0.15) is 5.60 Å². The van der Waals surface area contributed by atoms with Gasteiger partial charge in [-0.15, -0.1) is 0 Å². The molecule has 2 fully saturated rings. The fourth-order valence-electron chi connectivity index (χ4n) is 3.84. The van der Waals surface area contributed by atoms with Crippen LogP contribution in [-0.2, 0) is 17.5 Å². The first-order chi connectivity index (χ1) is 13.5. The molecule has 162 valence electrons. The van der Waals surface area contributed by atoms with Crippen molar-refractivity contribution in [2.45, 2.75) is 51.9 Å². The Morgan fingerprint density at radius 2 is 1.62 bits per heavy atom. The maximum atomic E-state index is 13.2. The highest BCUT2D eigenvalue weighted by Gasteiger charge is 2.32. The van der Waals surface area contributed by atoms with Gasteiger partial charge < -0.3 is 14.5 Å². The van der Waals surface area contributed by atoms with Gasteiger partial charge in [-0.2, -0.15) is 13.2 Å². The Balaban J connectivity index is 1.73. The van der Waals surface area contributed by atoms with Crippen LogP contribution in [-0.4, -0.2) is 60.8 Å². The van der Waals surface area contributed by atoms with E-state index < -0.39 is 17.3 Å². The molecular weight excluding hydrogens is 383 g/mol. The van der Waals surface area contributed by atoms with Crippen molar-refractivity contribution in [2.75, 3.05) is 44.2 Å². The lowest BCUT2D eigenvalue weighted by Gasteiger charge is -2.38. The Kier molecular flexibility index (Phi) is 6.31. The number of amides is 1. The summed E-state index contributed by atoms with van der Waals surface area (Å²) < 4.78 is 45.2. The first-order valence-electron chi connectivity index (χ1n) is 10.2. The summed E-state index contributed by atoms with van der Waals surface area (Å²) in [5, 5.41) is 0. The fourth-order valence-corrected chi connectivity index (χ4v) is 3.84. The molecule has 0 radical (unpaired) electrons. The fraction of sp³-hybridized carbons (Fsp3) is 0.667. The Hall–Kier alpha value is -1.96. The van der Waals surface area contributed by atoms with Crippen molar-refractivity contribution in [2.24, 2.45) is 0 Å². The Labute approximate surface area is 170 Å². The molecule has 0 atom stereocenters. The third kappa shape index (κ3) is 5.78. The van der Waals surface area contributed by atoms with E-state index in [0.29, 0.717) is 38.3 Å². The van der Waals surface area contributed by atoms with Gasteiger partial charge in [0.15, 0.2) is 0 Å². The highest BCUT2D eigenvalue weighted by molar-refractivity contribution is 5.69. The van der Waals surface area contributed by atoms with Crippen LogP contribution < -0.4 is 4.90 Å². The van der Waals surface area contributed by atoms with Crippen molar-refractivity contribution < 1.29 is 22.7 Å². The van der Waals surface area contributed by atoms with Crippen LogP contribution in [0.2, 0.25) is 0 Å². The number of likely N-dealkylation sites (tertiary alicyclic amines) is 1. The van der Waals surface area contributed by atoms with Crippen molar-refractivity contribution in [1.82, 2.24) is 9.80 Å². The van der Waals surface area contributed by atoms with Crippen molar-refractivity contribution in [1.29, 1.82) is 0 Å². The van der Waals surface area contributed by atoms with Gasteiger partial charge >= 0.3 is 12.3 Å². The Bertz CT molecular complexity index is 717. The molecule has 8 heteroatoms. The summed E-state index contributed by atoms with van der Waals surface area (Å²) in [7, 11) is 0. The lowest BCUT2D eigenvalue weighted by Crippen LogP contribution is -2.50. The number of ether oxygens (including phenoxy) is 1. The molecule has 0 bridgehead atoms. The number of carbonyl (C=O) groups is 1. The standard InChI is InChI=1S/C21H30F3N3O2/c1-20(2,3)29-19(28)27-12-10-26(11-13-27)18-7-6-17(21(22,23)24)14-16(18)15-25-8-4-5-9-25/h6-7,14H,4-5,8-13,15H2,1-3H3. The summed E-state index contributed by atoms with van der Waals surface area (Å²) in [5.41, 5.74) is 0.369. The van der Waals surface area contributed by atoms with Crippen LogP contribution in [0.15, 0.2) is 18.2 Å². The molecule has 2 aliphatic heterocycles. The molecule has 2 aliphatic rings. The number of carbonyl (C=O) groups excluding carboxylic acids is 1. The van der Waals surface area contributed by atoms with E-state index in [-0.39, 0.29) is 6.09 Å². The SMILES string of the molecule is CC(C)(C)OC(=O)N1CCN(c2ccc(C(F)(F)F)cc2CN2CCCC2)CC1. The summed E-state index contributed by atoms with van der Waals surface area (Å²) in [6, 6.07) is 4.02. The smallest absolute Gasteiger partial charge is 0.416 e. The zero-order valence-corrected chi connectivity index (χ0v) is 17.4. The highest BCUT2D eigenvalue weighted by atomic mass is 19.4. The molecule has 0 aliphatic carbocycles. The lowest BCUT2D eigenvalue weighted by atomic mass is 10.1. The molecule has 0 N–H and O–H groups in total. The minimum Gasteiger partial charge on any atom is -0.444 e. The first kappa shape index (κ1) is 21.7. The maximum Gasteiger partial charge on any atom is 0.416 e. The summed E-state index contributed by atoms with van der Waals surface area (Å²) >= 11 is 0. The Morgan fingerprint density at radius 1 is 1.00 bits per heavy atom. The molecule has 1 aromatic carbocycles. The average Bonchev–Trinajstić information content (AvgIpc) is 3.13. The van der Waals surface area contributed by atoms with E-state index >= 15 is 0 Å². The van der Waals surface area contributed by atoms with Crippen LogP contribution in [0, 0.1) is 0 Å².